The maximum atomic E-state index is 6.42. The number of hydrogen-bond donors (Lipinski definition) is 1. The van der Waals surface area contributed by atoms with E-state index >= 15 is 0 Å². The molecule has 0 saturated carbocycles. The van der Waals surface area contributed by atoms with Crippen molar-refractivity contribution >= 4 is 5.57 Å². The Hall–Kier alpha value is -3.06. The number of nitrogens with two attached hydrogens (primary N) is 1. The van der Waals surface area contributed by atoms with Crippen LogP contribution in [-0.4, -0.2) is 18.8 Å². The molecule has 0 unspecified atom stereocenters. The summed E-state index contributed by atoms with van der Waals surface area (Å²) in [6, 6.07) is 5.72. The van der Waals surface area contributed by atoms with Gasteiger partial charge in [0.2, 0.25) is 0 Å². The third kappa shape index (κ3) is 11.6. The molecule has 1 aromatic rings. The van der Waals surface area contributed by atoms with Crippen molar-refractivity contribution in [2.45, 2.75) is 72.8 Å². The first-order valence-electron chi connectivity index (χ1n) is 12.8. The van der Waals surface area contributed by atoms with E-state index in [0.717, 1.165) is 72.3 Å². The van der Waals surface area contributed by atoms with Gasteiger partial charge in [0, 0.05) is 29.9 Å². The average molecular weight is 488 g/mol. The second-order valence-electron chi connectivity index (χ2n) is 9.78. The molecule has 0 saturated heterocycles. The first-order chi connectivity index (χ1) is 17.0. The van der Waals surface area contributed by atoms with Gasteiger partial charge in [0.1, 0.15) is 11.5 Å². The van der Waals surface area contributed by atoms with Gasteiger partial charge in [-0.25, -0.2) is 0 Å². The Labute approximate surface area is 220 Å². The van der Waals surface area contributed by atoms with Crippen LogP contribution in [0.3, 0.4) is 0 Å². The second-order valence-corrected chi connectivity index (χ2v) is 9.78. The first-order valence-corrected chi connectivity index (χ1v) is 12.8. The predicted molar refractivity (Wildman–Crippen MR) is 157 cm³/mol. The summed E-state index contributed by atoms with van der Waals surface area (Å²) in [4.78, 5) is 0. The average Bonchev–Trinajstić information content (AvgIpc) is 2.80. The fourth-order valence-corrected chi connectivity index (χ4v) is 3.51. The fraction of sp³-hybridized carbons (Fsp3) is 0.394. The van der Waals surface area contributed by atoms with E-state index in [4.69, 9.17) is 21.6 Å². The molecule has 3 nitrogen and oxygen atoms in total. The number of terminal acetylenes is 1. The molecule has 36 heavy (non-hydrogen) atoms. The van der Waals surface area contributed by atoms with E-state index in [0.29, 0.717) is 11.5 Å². The highest BCUT2D eigenvalue weighted by molar-refractivity contribution is 5.77. The smallest absolute Gasteiger partial charge is 0.136 e. The van der Waals surface area contributed by atoms with Crippen LogP contribution in [0.5, 0.6) is 5.75 Å². The molecule has 0 aliphatic heterocycles. The number of ether oxygens (including phenoxy) is 2. The molecule has 3 heteroatoms. The molecule has 0 atom stereocenters. The van der Waals surface area contributed by atoms with Crippen molar-refractivity contribution < 1.29 is 9.47 Å². The van der Waals surface area contributed by atoms with E-state index in [9.17, 15) is 0 Å². The largest absolute Gasteiger partial charge is 0.457 e. The highest BCUT2D eigenvalue weighted by atomic mass is 16.5. The molecule has 0 aliphatic rings. The Kier molecular flexibility index (Phi) is 13.6. The minimum atomic E-state index is -0.444. The van der Waals surface area contributed by atoms with Gasteiger partial charge in [0.05, 0.1) is 0 Å². The van der Waals surface area contributed by atoms with Crippen LogP contribution >= 0.6 is 0 Å². The molecular weight excluding hydrogens is 442 g/mol. The van der Waals surface area contributed by atoms with Gasteiger partial charge in [-0.15, -0.1) is 6.42 Å². The quantitative estimate of drug-likeness (QED) is 0.117. The summed E-state index contributed by atoms with van der Waals surface area (Å²) in [6.07, 6.45) is 19.6. The Bertz CT molecular complexity index is 1050. The van der Waals surface area contributed by atoms with Gasteiger partial charge in [0.15, 0.2) is 0 Å². The second kappa shape index (κ2) is 15.8. The van der Waals surface area contributed by atoms with Crippen LogP contribution in [0.25, 0.3) is 5.57 Å². The minimum absolute atomic E-state index is 0.444. The zero-order chi connectivity index (χ0) is 27.1. The Morgan fingerprint density at radius 3 is 2.42 bits per heavy atom. The zero-order valence-electron chi connectivity index (χ0n) is 23.2. The molecular formula is C33H45NO2. The van der Waals surface area contributed by atoms with Crippen LogP contribution in [0.1, 0.15) is 78.4 Å². The van der Waals surface area contributed by atoms with Crippen LogP contribution in [0.2, 0.25) is 0 Å². The van der Waals surface area contributed by atoms with E-state index in [1.807, 2.05) is 83.2 Å². The van der Waals surface area contributed by atoms with Crippen LogP contribution in [0.4, 0.5) is 0 Å². The van der Waals surface area contributed by atoms with Gasteiger partial charge >= 0.3 is 0 Å². The third-order valence-electron chi connectivity index (χ3n) is 5.40. The maximum Gasteiger partial charge on any atom is 0.136 e. The molecule has 0 radical (unpaired) electrons. The zero-order valence-corrected chi connectivity index (χ0v) is 23.2. The molecule has 0 spiro atoms. The molecule has 194 valence electrons. The van der Waals surface area contributed by atoms with Gasteiger partial charge in [-0.3, -0.25) is 0 Å². The number of hydrogen-bond acceptors (Lipinski definition) is 3. The molecule has 0 fully saturated rings. The lowest BCUT2D eigenvalue weighted by atomic mass is 9.93. The summed E-state index contributed by atoms with van der Waals surface area (Å²) in [7, 11) is 0. The number of rotatable bonds is 15. The van der Waals surface area contributed by atoms with E-state index in [-0.39, 0.29) is 0 Å². The highest BCUT2D eigenvalue weighted by Gasteiger charge is 2.15. The van der Waals surface area contributed by atoms with Crippen molar-refractivity contribution in [2.75, 3.05) is 13.2 Å². The monoisotopic (exact) mass is 487 g/mol. The molecule has 0 bridgehead atoms. The summed E-state index contributed by atoms with van der Waals surface area (Å²) >= 11 is 0. The Balaban J connectivity index is 3.18. The third-order valence-corrected chi connectivity index (χ3v) is 5.40. The van der Waals surface area contributed by atoms with Gasteiger partial charge < -0.3 is 15.2 Å². The number of unbranched alkanes of at least 4 members (excludes halogenated alkanes) is 1. The molecule has 1 rings (SSSR count). The lowest BCUT2D eigenvalue weighted by Gasteiger charge is -2.20. The standard InChI is InChI=1S/C33H45NO2/c1-10-20-35-21-14-13-15-26(6)23-30(22-25(4)5)36-32-24-28(11-2)17-19-31(32)27(7)16-18-29(12-3)33(8,9)34/h2,12,16-19,22-24H,6-7,10,13-15,20-21,34H2,1,3-5,8-9H3/b18-16-,29-12+,30-23+. The van der Waals surface area contributed by atoms with Crippen LogP contribution in [0, 0.1) is 12.3 Å². The van der Waals surface area contributed by atoms with Gasteiger partial charge in [-0.1, -0.05) is 55.4 Å². The summed E-state index contributed by atoms with van der Waals surface area (Å²) < 4.78 is 12.0. The predicted octanol–water partition coefficient (Wildman–Crippen LogP) is 8.30. The van der Waals surface area contributed by atoms with Crippen molar-refractivity contribution in [1.82, 2.24) is 0 Å². The summed E-state index contributed by atoms with van der Waals surface area (Å²) in [6.45, 7) is 22.3. The highest BCUT2D eigenvalue weighted by Crippen LogP contribution is 2.30. The first kappa shape index (κ1) is 31.0. The molecule has 0 amide bonds. The van der Waals surface area contributed by atoms with E-state index in [2.05, 4.69) is 26.0 Å². The molecule has 2 N–H and O–H groups in total. The lowest BCUT2D eigenvalue weighted by molar-refractivity contribution is 0.131. The molecule has 0 aromatic heterocycles. The summed E-state index contributed by atoms with van der Waals surface area (Å²) in [5.41, 5.74) is 11.4. The SMILES string of the molecule is C#Cc1ccc(C(=C)/C=C\C(=C/C)C(C)(C)N)c(O/C(C=C(C)C)=C/C(=C)CCCCOCCC)c1. The molecule has 0 aliphatic carbocycles. The van der Waals surface area contributed by atoms with Crippen molar-refractivity contribution in [1.29, 1.82) is 0 Å². The van der Waals surface area contributed by atoms with E-state index < -0.39 is 5.54 Å². The van der Waals surface area contributed by atoms with Crippen LogP contribution in [0.15, 0.2) is 84.2 Å². The molecule has 0 heterocycles. The Morgan fingerprint density at radius 2 is 1.83 bits per heavy atom. The van der Waals surface area contributed by atoms with Crippen LogP contribution < -0.4 is 10.5 Å². The summed E-state index contributed by atoms with van der Waals surface area (Å²) in [5, 5.41) is 0. The summed E-state index contributed by atoms with van der Waals surface area (Å²) in [5.74, 6) is 4.06. The van der Waals surface area contributed by atoms with Gasteiger partial charge in [0.25, 0.3) is 0 Å². The van der Waals surface area contributed by atoms with Gasteiger partial charge in [-0.2, -0.15) is 0 Å². The number of allylic oxidation sites excluding steroid dienone is 7. The van der Waals surface area contributed by atoms with Crippen molar-refractivity contribution in [3.8, 4) is 18.1 Å². The molecule has 1 aromatic carbocycles. The van der Waals surface area contributed by atoms with Crippen molar-refractivity contribution in [2.24, 2.45) is 5.73 Å². The minimum Gasteiger partial charge on any atom is -0.457 e. The van der Waals surface area contributed by atoms with Gasteiger partial charge in [-0.05, 0) is 102 Å². The van der Waals surface area contributed by atoms with Crippen LogP contribution in [-0.2, 0) is 4.74 Å². The maximum absolute atomic E-state index is 6.42. The van der Waals surface area contributed by atoms with Crippen molar-refractivity contribution in [3.63, 3.8) is 0 Å². The number of benzene rings is 1. The van der Waals surface area contributed by atoms with E-state index in [1.165, 1.54) is 0 Å². The van der Waals surface area contributed by atoms with E-state index in [1.54, 1.807) is 0 Å². The Morgan fingerprint density at radius 1 is 1.11 bits per heavy atom. The lowest BCUT2D eigenvalue weighted by Crippen LogP contribution is -2.33. The topological polar surface area (TPSA) is 44.5 Å². The normalized spacial score (nSPS) is 12.4. The fourth-order valence-electron chi connectivity index (χ4n) is 3.51. The van der Waals surface area contributed by atoms with Crippen molar-refractivity contribution in [3.05, 3.63) is 95.3 Å².